The molecule has 0 amide bonds. The highest BCUT2D eigenvalue weighted by molar-refractivity contribution is 7.47. The van der Waals surface area contributed by atoms with Gasteiger partial charge in [-0.15, -0.1) is 0 Å². The predicted molar refractivity (Wildman–Crippen MR) is 82.8 cm³/mol. The van der Waals surface area contributed by atoms with E-state index in [0.29, 0.717) is 19.1 Å². The van der Waals surface area contributed by atoms with Crippen molar-refractivity contribution >= 4 is 8.45 Å². The molecule has 0 radical (unpaired) electrons. The van der Waals surface area contributed by atoms with Gasteiger partial charge in [-0.25, -0.2) is 4.67 Å². The molecule has 0 N–H and O–H groups in total. The molecule has 0 rings (SSSR count). The van der Waals surface area contributed by atoms with Crippen LogP contribution in [0.2, 0.25) is 0 Å². The molecule has 0 saturated carbocycles. The van der Waals surface area contributed by atoms with Crippen LogP contribution < -0.4 is 0 Å². The van der Waals surface area contributed by atoms with Crippen molar-refractivity contribution in [3.05, 3.63) is 0 Å². The molecule has 0 aromatic heterocycles. The molecule has 2 unspecified atom stereocenters. The van der Waals surface area contributed by atoms with Crippen molar-refractivity contribution in [2.24, 2.45) is 0 Å². The molecule has 5 heteroatoms. The minimum Gasteiger partial charge on any atom is -0.330 e. The first-order chi connectivity index (χ1) is 9.12. The molecular formula is C14H30N3OP. The molecule has 19 heavy (non-hydrogen) atoms. The van der Waals surface area contributed by atoms with Crippen LogP contribution in [0.4, 0.5) is 0 Å². The average Bonchev–Trinajstić information content (AvgIpc) is 2.41. The second-order valence-corrected chi connectivity index (χ2v) is 6.76. The second-order valence-electron chi connectivity index (χ2n) is 4.80. The van der Waals surface area contributed by atoms with E-state index in [0.717, 1.165) is 32.4 Å². The van der Waals surface area contributed by atoms with Gasteiger partial charge < -0.3 is 4.52 Å². The second kappa shape index (κ2) is 11.6. The molecule has 0 aliphatic rings. The van der Waals surface area contributed by atoms with Gasteiger partial charge in [0.25, 0.3) is 0 Å². The first-order valence-electron chi connectivity index (χ1n) is 7.39. The maximum atomic E-state index is 8.67. The Morgan fingerprint density at radius 1 is 1.21 bits per heavy atom. The predicted octanol–water partition coefficient (Wildman–Crippen LogP) is 4.00. The zero-order chi connectivity index (χ0) is 14.7. The van der Waals surface area contributed by atoms with E-state index < -0.39 is 8.45 Å². The molecule has 0 aliphatic carbocycles. The van der Waals surface area contributed by atoms with E-state index in [-0.39, 0.29) is 0 Å². The largest absolute Gasteiger partial charge is 0.330 e. The van der Waals surface area contributed by atoms with Crippen LogP contribution in [0.3, 0.4) is 0 Å². The number of hydrogen-bond acceptors (Lipinski definition) is 4. The molecule has 4 nitrogen and oxygen atoms in total. The maximum absolute atomic E-state index is 8.67. The van der Waals surface area contributed by atoms with Gasteiger partial charge in [-0.05, 0) is 33.2 Å². The Morgan fingerprint density at radius 2 is 1.84 bits per heavy atom. The minimum absolute atomic E-state index is 0.471. The maximum Gasteiger partial charge on any atom is 0.187 e. The van der Waals surface area contributed by atoms with Crippen molar-refractivity contribution in [1.29, 1.82) is 5.26 Å². The summed E-state index contributed by atoms with van der Waals surface area (Å²) in [4.78, 5) is 0. The first kappa shape index (κ1) is 18.8. The Bertz CT molecular complexity index is 258. The Hall–Kier alpha value is -0.200. The molecule has 0 spiro atoms. The lowest BCUT2D eigenvalue weighted by Gasteiger charge is -2.39. The summed E-state index contributed by atoms with van der Waals surface area (Å²) in [5, 5.41) is 8.67. The van der Waals surface area contributed by atoms with Crippen LogP contribution in [0.25, 0.3) is 0 Å². The highest BCUT2D eigenvalue weighted by Gasteiger charge is 2.27. The number of rotatable bonds is 11. The lowest BCUT2D eigenvalue weighted by atomic mass is 10.2. The van der Waals surface area contributed by atoms with Crippen molar-refractivity contribution in [1.82, 2.24) is 9.34 Å². The molecule has 0 aliphatic heterocycles. The zero-order valence-corrected chi connectivity index (χ0v) is 14.1. The van der Waals surface area contributed by atoms with Crippen LogP contribution in [0.5, 0.6) is 0 Å². The van der Waals surface area contributed by atoms with Crippen molar-refractivity contribution in [2.75, 3.05) is 26.7 Å². The fraction of sp³-hybridized carbons (Fsp3) is 0.929. The smallest absolute Gasteiger partial charge is 0.187 e. The van der Waals surface area contributed by atoms with Crippen LogP contribution in [0, 0.1) is 11.3 Å². The van der Waals surface area contributed by atoms with Gasteiger partial charge in [0.2, 0.25) is 0 Å². The summed E-state index contributed by atoms with van der Waals surface area (Å²) in [6, 6.07) is 2.68. The number of nitriles is 1. The van der Waals surface area contributed by atoms with E-state index >= 15 is 0 Å². The van der Waals surface area contributed by atoms with Crippen LogP contribution >= 0.6 is 8.45 Å². The van der Waals surface area contributed by atoms with Gasteiger partial charge >= 0.3 is 0 Å². The molecule has 0 aromatic rings. The van der Waals surface area contributed by atoms with Gasteiger partial charge in [0.15, 0.2) is 8.45 Å². The molecule has 0 aromatic carbocycles. The first-order valence-corrected chi connectivity index (χ1v) is 8.56. The van der Waals surface area contributed by atoms with Gasteiger partial charge in [-0.1, -0.05) is 20.8 Å². The Morgan fingerprint density at radius 3 is 2.32 bits per heavy atom. The molecule has 0 heterocycles. The SMILES string of the molecule is CCCN(C)P(OCCC#N)N(CCC)C(C)CC. The Kier molecular flexibility index (Phi) is 11.5. The minimum atomic E-state index is -0.738. The monoisotopic (exact) mass is 287 g/mol. The Labute approximate surface area is 120 Å². The molecular weight excluding hydrogens is 257 g/mol. The third kappa shape index (κ3) is 7.22. The standard InChI is InChI=1S/C14H30N3OP/c1-6-11-16(5)19(18-13-9-10-15)17(12-7-2)14(4)8-3/h14H,6-9,11-13H2,1-5H3. The summed E-state index contributed by atoms with van der Waals surface area (Å²) in [5.41, 5.74) is 0. The van der Waals surface area contributed by atoms with Gasteiger partial charge in [0, 0.05) is 19.1 Å². The van der Waals surface area contributed by atoms with Gasteiger partial charge in [0.05, 0.1) is 19.1 Å². The number of hydrogen-bond donors (Lipinski definition) is 0. The van der Waals surface area contributed by atoms with Crippen LogP contribution in [0.15, 0.2) is 0 Å². The summed E-state index contributed by atoms with van der Waals surface area (Å²) >= 11 is 0. The van der Waals surface area contributed by atoms with Crippen molar-refractivity contribution in [3.63, 3.8) is 0 Å². The zero-order valence-electron chi connectivity index (χ0n) is 13.2. The molecule has 112 valence electrons. The summed E-state index contributed by atoms with van der Waals surface area (Å²) in [6.07, 6.45) is 3.85. The van der Waals surface area contributed by atoms with Crippen LogP contribution in [0.1, 0.15) is 53.4 Å². The van der Waals surface area contributed by atoms with E-state index in [2.05, 4.69) is 50.2 Å². The van der Waals surface area contributed by atoms with E-state index in [9.17, 15) is 0 Å². The third-order valence-corrected chi connectivity index (χ3v) is 5.26. The van der Waals surface area contributed by atoms with Crippen molar-refractivity contribution in [2.45, 2.75) is 59.4 Å². The van der Waals surface area contributed by atoms with Gasteiger partial charge in [-0.3, -0.25) is 4.67 Å². The van der Waals surface area contributed by atoms with Gasteiger partial charge in [0.1, 0.15) is 0 Å². The van der Waals surface area contributed by atoms with Gasteiger partial charge in [-0.2, -0.15) is 5.26 Å². The fourth-order valence-corrected chi connectivity index (χ4v) is 4.10. The lowest BCUT2D eigenvalue weighted by Crippen LogP contribution is -2.35. The summed E-state index contributed by atoms with van der Waals surface area (Å²) in [6.45, 7) is 11.5. The number of nitrogens with zero attached hydrogens (tertiary/aromatic N) is 3. The topological polar surface area (TPSA) is 39.5 Å². The van der Waals surface area contributed by atoms with E-state index in [1.165, 1.54) is 0 Å². The van der Waals surface area contributed by atoms with E-state index in [1.807, 2.05) is 0 Å². The highest BCUT2D eigenvalue weighted by atomic mass is 31.2. The molecule has 0 bridgehead atoms. The van der Waals surface area contributed by atoms with Crippen molar-refractivity contribution < 1.29 is 4.52 Å². The summed E-state index contributed by atoms with van der Waals surface area (Å²) in [7, 11) is 1.39. The normalized spacial score (nSPS) is 14.6. The lowest BCUT2D eigenvalue weighted by molar-refractivity contribution is 0.241. The molecule has 0 saturated heterocycles. The van der Waals surface area contributed by atoms with E-state index in [1.54, 1.807) is 0 Å². The summed E-state index contributed by atoms with van der Waals surface area (Å²) < 4.78 is 10.8. The Balaban J connectivity index is 4.76. The summed E-state index contributed by atoms with van der Waals surface area (Å²) in [5.74, 6) is 0. The average molecular weight is 287 g/mol. The molecule has 2 atom stereocenters. The fourth-order valence-electron chi connectivity index (χ4n) is 1.87. The molecule has 0 fully saturated rings. The van der Waals surface area contributed by atoms with E-state index in [4.69, 9.17) is 9.79 Å². The quantitative estimate of drug-likeness (QED) is 0.425. The third-order valence-electron chi connectivity index (χ3n) is 3.03. The van der Waals surface area contributed by atoms with Crippen LogP contribution in [-0.2, 0) is 4.52 Å². The van der Waals surface area contributed by atoms with Crippen LogP contribution in [-0.4, -0.2) is 42.1 Å². The van der Waals surface area contributed by atoms with Crippen molar-refractivity contribution in [3.8, 4) is 6.07 Å². The highest BCUT2D eigenvalue weighted by Crippen LogP contribution is 2.46.